The van der Waals surface area contributed by atoms with E-state index < -0.39 is 8.80 Å². The fourth-order valence-electron chi connectivity index (χ4n) is 2.96. The third kappa shape index (κ3) is 2.19. The van der Waals surface area contributed by atoms with Crippen molar-refractivity contribution in [2.75, 3.05) is 21.3 Å². The van der Waals surface area contributed by atoms with Gasteiger partial charge >= 0.3 is 8.80 Å². The molecule has 2 bridgehead atoms. The predicted octanol–water partition coefficient (Wildman–Crippen LogP) is 1.97. The summed E-state index contributed by atoms with van der Waals surface area (Å²) in [5, 5.41) is 0. The van der Waals surface area contributed by atoms with Crippen LogP contribution in [0.3, 0.4) is 0 Å². The van der Waals surface area contributed by atoms with Crippen LogP contribution < -0.4 is 0 Å². The highest BCUT2D eigenvalue weighted by atomic mass is 28.4. The van der Waals surface area contributed by atoms with Gasteiger partial charge in [0.05, 0.1) is 11.7 Å². The zero-order valence-electron chi connectivity index (χ0n) is 10.5. The SMILES string of the molecule is CO[Si](CCC12CCCC(C1)O2)(OC)OC. The maximum atomic E-state index is 5.95. The molecule has 2 aliphatic heterocycles. The second kappa shape index (κ2) is 4.74. The van der Waals surface area contributed by atoms with Gasteiger partial charge in [-0.15, -0.1) is 0 Å². The Morgan fingerprint density at radius 1 is 1.25 bits per heavy atom. The Bertz CT molecular complexity index is 222. The van der Waals surface area contributed by atoms with Crippen LogP contribution in [0.15, 0.2) is 0 Å². The molecule has 2 heterocycles. The Balaban J connectivity index is 1.86. The highest BCUT2D eigenvalue weighted by molar-refractivity contribution is 6.60. The third-order valence-corrected chi connectivity index (χ3v) is 6.72. The fourth-order valence-corrected chi connectivity index (χ4v) is 4.83. The van der Waals surface area contributed by atoms with Crippen LogP contribution in [0.2, 0.25) is 6.04 Å². The number of hydrogen-bond donors (Lipinski definition) is 0. The molecule has 1 aliphatic carbocycles. The van der Waals surface area contributed by atoms with Crippen molar-refractivity contribution < 1.29 is 18.0 Å². The summed E-state index contributed by atoms with van der Waals surface area (Å²) in [5.74, 6) is 0. The van der Waals surface area contributed by atoms with E-state index in [4.69, 9.17) is 18.0 Å². The molecule has 3 rings (SSSR count). The van der Waals surface area contributed by atoms with E-state index in [9.17, 15) is 0 Å². The number of rotatable bonds is 6. The van der Waals surface area contributed by atoms with Crippen molar-refractivity contribution in [1.29, 1.82) is 0 Å². The van der Waals surface area contributed by atoms with E-state index in [2.05, 4.69) is 0 Å². The van der Waals surface area contributed by atoms with Crippen molar-refractivity contribution >= 4 is 8.80 Å². The van der Waals surface area contributed by atoms with E-state index in [1.54, 1.807) is 21.3 Å². The van der Waals surface area contributed by atoms with Gasteiger partial charge in [0, 0.05) is 33.8 Å². The predicted molar refractivity (Wildman–Crippen MR) is 62.3 cm³/mol. The Labute approximate surface area is 98.6 Å². The van der Waals surface area contributed by atoms with Crippen molar-refractivity contribution in [1.82, 2.24) is 0 Å². The lowest BCUT2D eigenvalue weighted by Gasteiger charge is -2.53. The maximum Gasteiger partial charge on any atom is 0.500 e. The van der Waals surface area contributed by atoms with E-state index in [1.807, 2.05) is 0 Å². The van der Waals surface area contributed by atoms with Gasteiger partial charge in [-0.25, -0.2) is 0 Å². The van der Waals surface area contributed by atoms with E-state index in [0.717, 1.165) is 12.5 Å². The number of hydrogen-bond acceptors (Lipinski definition) is 4. The molecule has 3 aliphatic rings. The summed E-state index contributed by atoms with van der Waals surface area (Å²) in [6, 6.07) is 0.850. The normalized spacial score (nSPS) is 33.6. The average Bonchev–Trinajstić information content (AvgIpc) is 2.31. The summed E-state index contributed by atoms with van der Waals surface area (Å²) in [4.78, 5) is 0. The zero-order valence-corrected chi connectivity index (χ0v) is 11.5. The van der Waals surface area contributed by atoms with Gasteiger partial charge in [-0.3, -0.25) is 0 Å². The molecule has 0 spiro atoms. The highest BCUT2D eigenvalue weighted by Gasteiger charge is 2.50. The lowest BCUT2D eigenvalue weighted by Crippen LogP contribution is -2.55. The summed E-state index contributed by atoms with van der Waals surface area (Å²) < 4.78 is 22.2. The zero-order chi connectivity index (χ0) is 11.6. The van der Waals surface area contributed by atoms with Crippen molar-refractivity contribution in [3.8, 4) is 0 Å². The van der Waals surface area contributed by atoms with Gasteiger partial charge in [0.25, 0.3) is 0 Å². The van der Waals surface area contributed by atoms with Gasteiger partial charge in [0.2, 0.25) is 0 Å². The third-order valence-electron chi connectivity index (χ3n) is 3.99. The summed E-state index contributed by atoms with van der Waals surface area (Å²) in [6.45, 7) is 0. The largest absolute Gasteiger partial charge is 0.500 e. The average molecular weight is 246 g/mol. The molecule has 0 amide bonds. The van der Waals surface area contributed by atoms with E-state index >= 15 is 0 Å². The maximum absolute atomic E-state index is 5.95. The molecule has 1 saturated carbocycles. The molecule has 0 radical (unpaired) electrons. The van der Waals surface area contributed by atoms with Gasteiger partial charge < -0.3 is 18.0 Å². The lowest BCUT2D eigenvalue weighted by molar-refractivity contribution is -0.237. The van der Waals surface area contributed by atoms with Crippen molar-refractivity contribution in [2.45, 2.75) is 49.9 Å². The topological polar surface area (TPSA) is 36.9 Å². The fraction of sp³-hybridized carbons (Fsp3) is 1.00. The van der Waals surface area contributed by atoms with Crippen LogP contribution in [0.5, 0.6) is 0 Å². The second-order valence-corrected chi connectivity index (χ2v) is 7.91. The summed E-state index contributed by atoms with van der Waals surface area (Å²) >= 11 is 0. The first-order valence-corrected chi connectivity index (χ1v) is 7.94. The smallest absolute Gasteiger partial charge is 0.377 e. The van der Waals surface area contributed by atoms with Crippen LogP contribution in [0.25, 0.3) is 0 Å². The Hall–Kier alpha value is 0.0569. The molecule has 4 nitrogen and oxygen atoms in total. The quantitative estimate of drug-likeness (QED) is 0.671. The van der Waals surface area contributed by atoms with Crippen molar-refractivity contribution in [3.05, 3.63) is 0 Å². The van der Waals surface area contributed by atoms with Gasteiger partial charge in [0.15, 0.2) is 0 Å². The number of fused-ring (bicyclic) bond motifs is 2. The molecule has 0 aromatic rings. The molecular formula is C11H22O4Si. The van der Waals surface area contributed by atoms with Crippen molar-refractivity contribution in [2.24, 2.45) is 0 Å². The van der Waals surface area contributed by atoms with E-state index in [0.29, 0.717) is 6.10 Å². The van der Waals surface area contributed by atoms with Crippen molar-refractivity contribution in [3.63, 3.8) is 0 Å². The molecule has 0 N–H and O–H groups in total. The molecule has 2 saturated heterocycles. The minimum absolute atomic E-state index is 0.122. The monoisotopic (exact) mass is 246 g/mol. The molecule has 0 aromatic carbocycles. The van der Waals surface area contributed by atoms with Gasteiger partial charge in [-0.05, 0) is 25.7 Å². The van der Waals surface area contributed by atoms with E-state index in [-0.39, 0.29) is 5.60 Å². The molecule has 3 fully saturated rings. The van der Waals surface area contributed by atoms with Crippen LogP contribution in [-0.2, 0) is 18.0 Å². The molecule has 2 atom stereocenters. The van der Waals surface area contributed by atoms with Crippen LogP contribution in [0, 0.1) is 0 Å². The minimum atomic E-state index is -2.40. The Morgan fingerprint density at radius 2 is 1.88 bits per heavy atom. The van der Waals surface area contributed by atoms with Crippen LogP contribution >= 0.6 is 0 Å². The highest BCUT2D eigenvalue weighted by Crippen LogP contribution is 2.48. The minimum Gasteiger partial charge on any atom is -0.377 e. The van der Waals surface area contributed by atoms with Gasteiger partial charge in [-0.2, -0.15) is 0 Å². The van der Waals surface area contributed by atoms with Crippen LogP contribution in [0.1, 0.15) is 32.1 Å². The first-order valence-electron chi connectivity index (χ1n) is 6.01. The number of ether oxygens (including phenoxy) is 1. The van der Waals surface area contributed by atoms with Gasteiger partial charge in [0.1, 0.15) is 0 Å². The van der Waals surface area contributed by atoms with Gasteiger partial charge in [-0.1, -0.05) is 0 Å². The second-order valence-electron chi connectivity index (χ2n) is 4.81. The first kappa shape index (κ1) is 12.5. The molecular weight excluding hydrogens is 224 g/mol. The molecule has 2 unspecified atom stereocenters. The van der Waals surface area contributed by atoms with Crippen LogP contribution in [-0.4, -0.2) is 41.8 Å². The molecule has 94 valence electrons. The van der Waals surface area contributed by atoms with E-state index in [1.165, 1.54) is 25.7 Å². The lowest BCUT2D eigenvalue weighted by atomic mass is 9.75. The summed E-state index contributed by atoms with van der Waals surface area (Å²) in [7, 11) is 2.60. The molecule has 16 heavy (non-hydrogen) atoms. The standard InChI is InChI=1S/C11H22O4Si/c1-12-16(13-2,14-3)8-7-11-6-4-5-10(9-11)15-11/h10H,4-9H2,1-3H3. The Kier molecular flexibility index (Phi) is 3.71. The first-order chi connectivity index (χ1) is 7.67. The molecule has 0 aromatic heterocycles. The van der Waals surface area contributed by atoms with Crippen LogP contribution in [0.4, 0.5) is 0 Å². The Morgan fingerprint density at radius 3 is 2.31 bits per heavy atom. The summed E-state index contributed by atoms with van der Waals surface area (Å²) in [6.07, 6.45) is 6.47. The summed E-state index contributed by atoms with van der Waals surface area (Å²) in [5.41, 5.74) is 0.122. The molecule has 5 heteroatoms.